The van der Waals surface area contributed by atoms with E-state index in [9.17, 15) is 9.65 Å². The number of ether oxygens (including phenoxy) is 1. The third-order valence-corrected chi connectivity index (χ3v) is 4.71. The third-order valence-electron chi connectivity index (χ3n) is 4.71. The summed E-state index contributed by atoms with van der Waals surface area (Å²) < 4.78 is 19.4. The van der Waals surface area contributed by atoms with Gasteiger partial charge in [-0.15, -0.1) is 0 Å². The van der Waals surface area contributed by atoms with Gasteiger partial charge in [-0.1, -0.05) is 50.5 Å². The van der Waals surface area contributed by atoms with Gasteiger partial charge >= 0.3 is 0 Å². The lowest BCUT2D eigenvalue weighted by Crippen LogP contribution is -2.00. The normalized spacial score (nSPS) is 10.5. The number of nitriles is 1. The number of unbranched alkanes of at least 4 members (excludes halogenated alkanes) is 3. The van der Waals surface area contributed by atoms with E-state index in [4.69, 9.17) is 10.5 Å². The second-order valence-electron chi connectivity index (χ2n) is 6.87. The van der Waals surface area contributed by atoms with Crippen LogP contribution < -0.4 is 10.5 Å². The molecule has 1 aromatic heterocycles. The minimum Gasteiger partial charge on any atom is -0.494 e. The number of hydrogen-bond acceptors (Lipinski definition) is 4. The predicted molar refractivity (Wildman–Crippen MR) is 114 cm³/mol. The molecule has 0 aliphatic rings. The Morgan fingerprint density at radius 1 is 1.03 bits per heavy atom. The fourth-order valence-corrected chi connectivity index (χ4v) is 3.16. The predicted octanol–water partition coefficient (Wildman–Crippen LogP) is 5.97. The molecule has 0 amide bonds. The number of benzene rings is 2. The van der Waals surface area contributed by atoms with Crippen LogP contribution in [0.3, 0.4) is 0 Å². The van der Waals surface area contributed by atoms with Crippen LogP contribution in [0.4, 0.5) is 10.2 Å². The highest BCUT2D eigenvalue weighted by atomic mass is 19.1. The number of halogens is 1. The van der Waals surface area contributed by atoms with Gasteiger partial charge < -0.3 is 10.5 Å². The summed E-state index contributed by atoms with van der Waals surface area (Å²) in [6.45, 7) is 2.87. The number of nitrogen functional groups attached to an aromatic ring is 1. The number of rotatable bonds is 8. The molecule has 0 fully saturated rings. The van der Waals surface area contributed by atoms with Crippen LogP contribution in [0.1, 0.15) is 38.2 Å². The SMILES string of the molecule is CCCCCCOc1ccc(-c2cc(-c3cccc(F)c3)nc(N)c2C#N)cc1. The largest absolute Gasteiger partial charge is 0.494 e. The zero-order valence-corrected chi connectivity index (χ0v) is 16.5. The molecule has 0 unspecified atom stereocenters. The van der Waals surface area contributed by atoms with E-state index in [0.29, 0.717) is 29.0 Å². The zero-order valence-electron chi connectivity index (χ0n) is 16.5. The molecule has 148 valence electrons. The second-order valence-corrected chi connectivity index (χ2v) is 6.87. The second kappa shape index (κ2) is 9.70. The number of pyridine rings is 1. The maximum absolute atomic E-state index is 13.6. The van der Waals surface area contributed by atoms with E-state index in [1.165, 1.54) is 31.4 Å². The highest BCUT2D eigenvalue weighted by Gasteiger charge is 2.14. The van der Waals surface area contributed by atoms with Crippen molar-refractivity contribution in [1.82, 2.24) is 4.98 Å². The van der Waals surface area contributed by atoms with E-state index in [2.05, 4.69) is 18.0 Å². The first kappa shape index (κ1) is 20.3. The van der Waals surface area contributed by atoms with Gasteiger partial charge in [-0.05, 0) is 42.3 Å². The van der Waals surface area contributed by atoms with Gasteiger partial charge in [0.2, 0.25) is 0 Å². The van der Waals surface area contributed by atoms with Crippen LogP contribution in [0.25, 0.3) is 22.4 Å². The maximum atomic E-state index is 13.6. The monoisotopic (exact) mass is 389 g/mol. The van der Waals surface area contributed by atoms with Crippen LogP contribution in [-0.2, 0) is 0 Å². The van der Waals surface area contributed by atoms with Gasteiger partial charge in [-0.2, -0.15) is 5.26 Å². The summed E-state index contributed by atoms with van der Waals surface area (Å²) in [6.07, 6.45) is 4.62. The molecule has 0 atom stereocenters. The average Bonchev–Trinajstić information content (AvgIpc) is 2.73. The molecule has 0 saturated carbocycles. The minimum absolute atomic E-state index is 0.125. The molecule has 2 aromatic carbocycles. The lowest BCUT2D eigenvalue weighted by atomic mass is 9.98. The van der Waals surface area contributed by atoms with E-state index in [-0.39, 0.29) is 11.6 Å². The molecule has 0 radical (unpaired) electrons. The Balaban J connectivity index is 1.86. The molecule has 2 N–H and O–H groups in total. The summed E-state index contributed by atoms with van der Waals surface area (Å²) in [4.78, 5) is 4.29. The summed E-state index contributed by atoms with van der Waals surface area (Å²) in [5.41, 5.74) is 8.95. The Labute approximate surface area is 170 Å². The van der Waals surface area contributed by atoms with Gasteiger partial charge in [0.05, 0.1) is 12.3 Å². The van der Waals surface area contributed by atoms with Crippen molar-refractivity contribution in [2.75, 3.05) is 12.3 Å². The van der Waals surface area contributed by atoms with Gasteiger partial charge in [0.1, 0.15) is 29.0 Å². The van der Waals surface area contributed by atoms with Gasteiger partial charge in [0.25, 0.3) is 0 Å². The molecule has 3 rings (SSSR count). The van der Waals surface area contributed by atoms with Gasteiger partial charge in [-0.25, -0.2) is 9.37 Å². The molecule has 0 aliphatic heterocycles. The summed E-state index contributed by atoms with van der Waals surface area (Å²) in [5.74, 6) is 0.561. The number of hydrogen-bond donors (Lipinski definition) is 1. The fraction of sp³-hybridized carbons (Fsp3) is 0.250. The molecular weight excluding hydrogens is 365 g/mol. The Kier molecular flexibility index (Phi) is 6.80. The van der Waals surface area contributed by atoms with Crippen molar-refractivity contribution in [2.24, 2.45) is 0 Å². The summed E-state index contributed by atoms with van der Waals surface area (Å²) in [6, 6.07) is 17.6. The van der Waals surface area contributed by atoms with Crippen molar-refractivity contribution < 1.29 is 9.13 Å². The lowest BCUT2D eigenvalue weighted by Gasteiger charge is -2.11. The quantitative estimate of drug-likeness (QED) is 0.482. The van der Waals surface area contributed by atoms with E-state index in [1.807, 2.05) is 24.3 Å². The van der Waals surface area contributed by atoms with E-state index < -0.39 is 0 Å². The van der Waals surface area contributed by atoms with Gasteiger partial charge in [0, 0.05) is 11.1 Å². The smallest absolute Gasteiger partial charge is 0.142 e. The van der Waals surface area contributed by atoms with Crippen LogP contribution in [0.5, 0.6) is 5.75 Å². The number of nitrogens with two attached hydrogens (primary N) is 1. The average molecular weight is 389 g/mol. The van der Waals surface area contributed by atoms with Crippen molar-refractivity contribution in [1.29, 1.82) is 5.26 Å². The molecule has 29 heavy (non-hydrogen) atoms. The van der Waals surface area contributed by atoms with E-state index in [0.717, 1.165) is 17.7 Å². The number of aromatic nitrogens is 1. The van der Waals surface area contributed by atoms with Crippen molar-refractivity contribution >= 4 is 5.82 Å². The Hall–Kier alpha value is -3.39. The summed E-state index contributed by atoms with van der Waals surface area (Å²) >= 11 is 0. The fourth-order valence-electron chi connectivity index (χ4n) is 3.16. The van der Waals surface area contributed by atoms with Gasteiger partial charge in [0.15, 0.2) is 0 Å². The highest BCUT2D eigenvalue weighted by Crippen LogP contribution is 2.32. The van der Waals surface area contributed by atoms with Crippen LogP contribution in [-0.4, -0.2) is 11.6 Å². The minimum atomic E-state index is -0.353. The number of nitrogens with zero attached hydrogens (tertiary/aromatic N) is 2. The topological polar surface area (TPSA) is 71.9 Å². The Bertz CT molecular complexity index is 1010. The molecule has 0 aliphatic carbocycles. The molecule has 0 spiro atoms. The maximum Gasteiger partial charge on any atom is 0.142 e. The lowest BCUT2D eigenvalue weighted by molar-refractivity contribution is 0.305. The molecule has 0 bridgehead atoms. The van der Waals surface area contributed by atoms with Crippen LogP contribution >= 0.6 is 0 Å². The Morgan fingerprint density at radius 3 is 2.52 bits per heavy atom. The van der Waals surface area contributed by atoms with Crippen LogP contribution in [0, 0.1) is 17.1 Å². The highest BCUT2D eigenvalue weighted by molar-refractivity contribution is 5.80. The standard InChI is InChI=1S/C24H24FN3O/c1-2-3-4-5-13-29-20-11-9-17(10-12-20)21-15-23(28-24(27)22(21)16-26)18-7-6-8-19(25)14-18/h6-12,14-15H,2-5,13H2,1H3,(H2,27,28). The molecule has 3 aromatic rings. The summed E-state index contributed by atoms with van der Waals surface area (Å²) in [5, 5.41) is 9.55. The molecular formula is C24H24FN3O. The third kappa shape index (κ3) is 5.11. The van der Waals surface area contributed by atoms with Crippen LogP contribution in [0.2, 0.25) is 0 Å². The summed E-state index contributed by atoms with van der Waals surface area (Å²) in [7, 11) is 0. The molecule has 5 heteroatoms. The van der Waals surface area contributed by atoms with E-state index in [1.54, 1.807) is 18.2 Å². The molecule has 4 nitrogen and oxygen atoms in total. The van der Waals surface area contributed by atoms with Crippen molar-refractivity contribution in [3.63, 3.8) is 0 Å². The number of anilines is 1. The van der Waals surface area contributed by atoms with Crippen LogP contribution in [0.15, 0.2) is 54.6 Å². The Morgan fingerprint density at radius 2 is 1.83 bits per heavy atom. The van der Waals surface area contributed by atoms with Gasteiger partial charge in [-0.3, -0.25) is 0 Å². The first-order chi connectivity index (χ1) is 14.1. The van der Waals surface area contributed by atoms with E-state index >= 15 is 0 Å². The first-order valence-corrected chi connectivity index (χ1v) is 9.82. The first-order valence-electron chi connectivity index (χ1n) is 9.82. The van der Waals surface area contributed by atoms with Crippen molar-refractivity contribution in [3.8, 4) is 34.2 Å². The molecule has 0 saturated heterocycles. The molecule has 1 heterocycles. The van der Waals surface area contributed by atoms with Crippen molar-refractivity contribution in [3.05, 3.63) is 66.0 Å². The van der Waals surface area contributed by atoms with Crippen molar-refractivity contribution in [2.45, 2.75) is 32.6 Å². The zero-order chi connectivity index (χ0) is 20.6.